The predicted octanol–water partition coefficient (Wildman–Crippen LogP) is 4.57. The van der Waals surface area contributed by atoms with Gasteiger partial charge in [-0.15, -0.1) is 0 Å². The van der Waals surface area contributed by atoms with Crippen molar-refractivity contribution in [3.8, 4) is 0 Å². The van der Waals surface area contributed by atoms with Crippen LogP contribution in [0.4, 0.5) is 17.3 Å². The molecule has 1 heterocycles. The van der Waals surface area contributed by atoms with Crippen LogP contribution in [0.3, 0.4) is 0 Å². The second kappa shape index (κ2) is 7.44. The van der Waals surface area contributed by atoms with Gasteiger partial charge in [-0.25, -0.2) is 9.97 Å². The van der Waals surface area contributed by atoms with Crippen molar-refractivity contribution >= 4 is 39.2 Å². The van der Waals surface area contributed by atoms with Crippen LogP contribution in [-0.4, -0.2) is 22.9 Å². The van der Waals surface area contributed by atoms with E-state index >= 15 is 0 Å². The van der Waals surface area contributed by atoms with Gasteiger partial charge in [-0.3, -0.25) is 4.79 Å². The second-order valence-corrected chi connectivity index (χ2v) is 6.47. The van der Waals surface area contributed by atoms with Crippen molar-refractivity contribution in [2.75, 3.05) is 17.3 Å². The minimum absolute atomic E-state index is 0.272. The van der Waals surface area contributed by atoms with Crippen LogP contribution in [0.25, 0.3) is 0 Å². The Bertz CT molecular complexity index is 899. The molecule has 3 rings (SSSR count). The van der Waals surface area contributed by atoms with E-state index in [4.69, 9.17) is 0 Å². The summed E-state index contributed by atoms with van der Waals surface area (Å²) < 4.78 is 0.897. The molecule has 3 aromatic rings. The highest BCUT2D eigenvalue weighted by Gasteiger charge is 2.14. The Kier molecular flexibility index (Phi) is 5.09. The normalized spacial score (nSPS) is 10.4. The Hall–Kier alpha value is -2.73. The Balaban J connectivity index is 1.87. The highest BCUT2D eigenvalue weighted by molar-refractivity contribution is 9.10. The van der Waals surface area contributed by atoms with Crippen molar-refractivity contribution < 1.29 is 4.79 Å². The van der Waals surface area contributed by atoms with E-state index in [0.717, 1.165) is 15.9 Å². The average Bonchev–Trinajstić information content (AvgIpc) is 2.61. The van der Waals surface area contributed by atoms with E-state index in [1.54, 1.807) is 6.07 Å². The third-order valence-corrected chi connectivity index (χ3v) is 4.09. The molecule has 0 aliphatic heterocycles. The van der Waals surface area contributed by atoms with Crippen molar-refractivity contribution in [2.24, 2.45) is 0 Å². The van der Waals surface area contributed by atoms with Crippen LogP contribution < -0.4 is 10.2 Å². The third kappa shape index (κ3) is 4.22. The SMILES string of the molecule is Cc1cc(C(=O)Nc2cccc(Br)c2)nc(N(C)c2ccccc2)n1. The van der Waals surface area contributed by atoms with Gasteiger partial charge in [-0.05, 0) is 43.3 Å². The number of carbonyl (C=O) groups is 1. The summed E-state index contributed by atoms with van der Waals surface area (Å²) >= 11 is 3.39. The van der Waals surface area contributed by atoms with E-state index < -0.39 is 0 Å². The van der Waals surface area contributed by atoms with E-state index in [-0.39, 0.29) is 5.91 Å². The number of amides is 1. The Morgan fingerprint density at radius 2 is 1.80 bits per heavy atom. The van der Waals surface area contributed by atoms with Gasteiger partial charge in [0.15, 0.2) is 0 Å². The molecule has 0 fully saturated rings. The molecule has 126 valence electrons. The number of halogens is 1. The molecule has 1 amide bonds. The standard InChI is InChI=1S/C19H17BrN4O/c1-13-11-17(18(25)22-15-8-6-7-14(20)12-15)23-19(21-13)24(2)16-9-4-3-5-10-16/h3-12H,1-2H3,(H,22,25). The molecule has 0 unspecified atom stereocenters. The maximum atomic E-state index is 12.6. The third-order valence-electron chi connectivity index (χ3n) is 3.60. The molecule has 0 saturated heterocycles. The van der Waals surface area contributed by atoms with E-state index in [2.05, 4.69) is 31.2 Å². The van der Waals surface area contributed by atoms with Gasteiger partial charge < -0.3 is 10.2 Å². The highest BCUT2D eigenvalue weighted by atomic mass is 79.9. The van der Waals surface area contributed by atoms with Crippen LogP contribution in [0.1, 0.15) is 16.2 Å². The second-order valence-electron chi connectivity index (χ2n) is 5.55. The number of aromatic nitrogens is 2. The minimum Gasteiger partial charge on any atom is -0.321 e. The molecule has 2 aromatic carbocycles. The lowest BCUT2D eigenvalue weighted by Crippen LogP contribution is -2.19. The van der Waals surface area contributed by atoms with Crippen LogP contribution in [-0.2, 0) is 0 Å². The molecule has 0 spiro atoms. The Morgan fingerprint density at radius 3 is 2.52 bits per heavy atom. The van der Waals surface area contributed by atoms with Gasteiger partial charge in [0.2, 0.25) is 5.95 Å². The van der Waals surface area contributed by atoms with Crippen LogP contribution >= 0.6 is 15.9 Å². The molecule has 0 atom stereocenters. The van der Waals surface area contributed by atoms with Gasteiger partial charge in [-0.2, -0.15) is 0 Å². The Morgan fingerprint density at radius 1 is 1.04 bits per heavy atom. The smallest absolute Gasteiger partial charge is 0.274 e. The summed E-state index contributed by atoms with van der Waals surface area (Å²) in [6.07, 6.45) is 0. The molecule has 0 saturated carbocycles. The monoisotopic (exact) mass is 396 g/mol. The number of anilines is 3. The summed E-state index contributed by atoms with van der Waals surface area (Å²) in [6.45, 7) is 1.85. The van der Waals surface area contributed by atoms with Crippen molar-refractivity contribution in [3.05, 3.63) is 76.5 Å². The van der Waals surface area contributed by atoms with Crippen LogP contribution in [0.5, 0.6) is 0 Å². The van der Waals surface area contributed by atoms with Crippen molar-refractivity contribution in [1.29, 1.82) is 0 Å². The lowest BCUT2D eigenvalue weighted by atomic mass is 10.2. The van der Waals surface area contributed by atoms with Gasteiger partial charge in [-0.1, -0.05) is 40.2 Å². The van der Waals surface area contributed by atoms with Gasteiger partial charge in [0.05, 0.1) is 0 Å². The first-order valence-electron chi connectivity index (χ1n) is 7.74. The molecule has 0 radical (unpaired) electrons. The van der Waals surface area contributed by atoms with Crippen LogP contribution in [0, 0.1) is 6.92 Å². The van der Waals surface area contributed by atoms with Gasteiger partial charge >= 0.3 is 0 Å². The van der Waals surface area contributed by atoms with Crippen molar-refractivity contribution in [2.45, 2.75) is 6.92 Å². The van der Waals surface area contributed by atoms with E-state index in [0.29, 0.717) is 17.3 Å². The number of benzene rings is 2. The average molecular weight is 397 g/mol. The lowest BCUT2D eigenvalue weighted by Gasteiger charge is -2.18. The Labute approximate surface area is 154 Å². The molecule has 5 nitrogen and oxygen atoms in total. The largest absolute Gasteiger partial charge is 0.321 e. The summed E-state index contributed by atoms with van der Waals surface area (Å²) in [4.78, 5) is 23.3. The molecule has 25 heavy (non-hydrogen) atoms. The quantitative estimate of drug-likeness (QED) is 0.701. The highest BCUT2D eigenvalue weighted by Crippen LogP contribution is 2.21. The first-order valence-corrected chi connectivity index (χ1v) is 8.53. The molecule has 0 aliphatic rings. The number of rotatable bonds is 4. The number of para-hydroxylation sites is 1. The zero-order valence-corrected chi connectivity index (χ0v) is 15.5. The summed E-state index contributed by atoms with van der Waals surface area (Å²) in [5.41, 5.74) is 2.71. The summed E-state index contributed by atoms with van der Waals surface area (Å²) in [6, 6.07) is 18.9. The zero-order chi connectivity index (χ0) is 17.8. The van der Waals surface area contributed by atoms with E-state index in [9.17, 15) is 4.79 Å². The van der Waals surface area contributed by atoms with Gasteiger partial charge in [0.25, 0.3) is 5.91 Å². The fourth-order valence-electron chi connectivity index (χ4n) is 2.35. The van der Waals surface area contributed by atoms with E-state index in [1.165, 1.54) is 0 Å². The molecule has 1 N–H and O–H groups in total. The van der Waals surface area contributed by atoms with E-state index in [1.807, 2.05) is 73.5 Å². The number of hydrogen-bond acceptors (Lipinski definition) is 4. The molecule has 0 bridgehead atoms. The lowest BCUT2D eigenvalue weighted by molar-refractivity contribution is 0.102. The molecular formula is C19H17BrN4O. The summed E-state index contributed by atoms with van der Waals surface area (Å²) in [7, 11) is 1.88. The predicted molar refractivity (Wildman–Crippen MR) is 103 cm³/mol. The number of hydrogen-bond donors (Lipinski definition) is 1. The summed E-state index contributed by atoms with van der Waals surface area (Å²) in [5.74, 6) is 0.205. The number of aryl methyl sites for hydroxylation is 1. The number of carbonyl (C=O) groups excluding carboxylic acids is 1. The molecule has 0 aliphatic carbocycles. The van der Waals surface area contributed by atoms with Gasteiger partial charge in [0.1, 0.15) is 5.69 Å². The molecule has 6 heteroatoms. The van der Waals surface area contributed by atoms with Crippen LogP contribution in [0.2, 0.25) is 0 Å². The van der Waals surface area contributed by atoms with Crippen molar-refractivity contribution in [1.82, 2.24) is 9.97 Å². The maximum Gasteiger partial charge on any atom is 0.274 e. The number of nitrogens with zero attached hydrogens (tertiary/aromatic N) is 3. The summed E-state index contributed by atoms with van der Waals surface area (Å²) in [5, 5.41) is 2.85. The van der Waals surface area contributed by atoms with Crippen LogP contribution in [0.15, 0.2) is 65.1 Å². The first kappa shape index (κ1) is 17.1. The maximum absolute atomic E-state index is 12.6. The minimum atomic E-state index is -0.272. The fourth-order valence-corrected chi connectivity index (χ4v) is 2.75. The fraction of sp³-hybridized carbons (Fsp3) is 0.105. The van der Waals surface area contributed by atoms with Crippen molar-refractivity contribution in [3.63, 3.8) is 0 Å². The first-order chi connectivity index (χ1) is 12.0. The topological polar surface area (TPSA) is 58.1 Å². The van der Waals surface area contributed by atoms with Gasteiger partial charge in [0, 0.05) is 28.6 Å². The zero-order valence-electron chi connectivity index (χ0n) is 13.9. The number of nitrogens with one attached hydrogen (secondary N) is 1. The molecule has 1 aromatic heterocycles. The molecular weight excluding hydrogens is 380 g/mol.